The van der Waals surface area contributed by atoms with Gasteiger partial charge in [-0.15, -0.1) is 0 Å². The second kappa shape index (κ2) is 6.55. The maximum Gasteiger partial charge on any atom is 0.0655 e. The third kappa shape index (κ3) is 3.32. The molecule has 0 saturated heterocycles. The minimum atomic E-state index is 0.249. The summed E-state index contributed by atoms with van der Waals surface area (Å²) in [6.07, 6.45) is 6.66. The third-order valence-corrected chi connectivity index (χ3v) is 5.47. The van der Waals surface area contributed by atoms with E-state index >= 15 is 0 Å². The molecule has 2 aliphatic carbocycles. The Morgan fingerprint density at radius 3 is 2.47 bits per heavy atom. The van der Waals surface area contributed by atoms with E-state index in [1.807, 2.05) is 0 Å². The van der Waals surface area contributed by atoms with E-state index in [2.05, 4.69) is 26.1 Å². The molecule has 112 valence electrons. The molecule has 3 nitrogen and oxygen atoms in total. The van der Waals surface area contributed by atoms with E-state index in [0.29, 0.717) is 30.6 Å². The Morgan fingerprint density at radius 1 is 1.21 bits per heavy atom. The maximum absolute atomic E-state index is 9.46. The monoisotopic (exact) mass is 269 g/mol. The van der Waals surface area contributed by atoms with Crippen LogP contribution in [0.2, 0.25) is 0 Å². The van der Waals surface area contributed by atoms with Crippen LogP contribution in [0, 0.1) is 17.3 Å². The molecule has 0 heterocycles. The van der Waals surface area contributed by atoms with Crippen LogP contribution in [0.1, 0.15) is 52.9 Å². The normalized spacial score (nSPS) is 37.9. The van der Waals surface area contributed by atoms with Crippen molar-refractivity contribution < 1.29 is 9.84 Å². The second-order valence-electron chi connectivity index (χ2n) is 6.95. The van der Waals surface area contributed by atoms with Gasteiger partial charge in [-0.05, 0) is 44.6 Å². The second-order valence-corrected chi connectivity index (χ2v) is 6.95. The van der Waals surface area contributed by atoms with Crippen LogP contribution in [-0.2, 0) is 4.74 Å². The van der Waals surface area contributed by atoms with E-state index in [1.54, 1.807) is 0 Å². The van der Waals surface area contributed by atoms with Crippen LogP contribution < -0.4 is 5.32 Å². The number of nitrogens with one attached hydrogen (secondary N) is 1. The fourth-order valence-electron chi connectivity index (χ4n) is 3.80. The minimum Gasteiger partial charge on any atom is -0.396 e. The van der Waals surface area contributed by atoms with Gasteiger partial charge in [-0.2, -0.15) is 0 Å². The Labute approximate surface area is 118 Å². The van der Waals surface area contributed by atoms with Crippen molar-refractivity contribution in [2.45, 2.75) is 65.0 Å². The SMILES string of the molecule is CCOC1CC(NCC2CCCCC2CO)C1(C)C. The minimum absolute atomic E-state index is 0.249. The molecule has 0 aliphatic heterocycles. The van der Waals surface area contributed by atoms with E-state index in [0.717, 1.165) is 19.6 Å². The molecule has 2 saturated carbocycles. The number of aliphatic hydroxyl groups is 1. The highest BCUT2D eigenvalue weighted by Crippen LogP contribution is 2.43. The highest BCUT2D eigenvalue weighted by atomic mass is 16.5. The van der Waals surface area contributed by atoms with Gasteiger partial charge in [0.2, 0.25) is 0 Å². The number of hydrogen-bond donors (Lipinski definition) is 2. The van der Waals surface area contributed by atoms with Gasteiger partial charge in [0.25, 0.3) is 0 Å². The number of hydrogen-bond acceptors (Lipinski definition) is 3. The van der Waals surface area contributed by atoms with Gasteiger partial charge in [0.15, 0.2) is 0 Å². The first kappa shape index (κ1) is 15.3. The summed E-state index contributed by atoms with van der Waals surface area (Å²) >= 11 is 0. The van der Waals surface area contributed by atoms with Crippen molar-refractivity contribution in [2.24, 2.45) is 17.3 Å². The first-order valence-electron chi connectivity index (χ1n) is 8.05. The number of rotatable bonds is 6. The number of aliphatic hydroxyl groups excluding tert-OH is 1. The van der Waals surface area contributed by atoms with Gasteiger partial charge in [-0.25, -0.2) is 0 Å². The van der Waals surface area contributed by atoms with E-state index in [9.17, 15) is 5.11 Å². The molecule has 4 unspecified atom stereocenters. The molecule has 4 atom stereocenters. The lowest BCUT2D eigenvalue weighted by molar-refractivity contribution is -0.115. The molecule has 3 heteroatoms. The van der Waals surface area contributed by atoms with Crippen LogP contribution >= 0.6 is 0 Å². The summed E-state index contributed by atoms with van der Waals surface area (Å²) in [6, 6.07) is 0.574. The fourth-order valence-corrected chi connectivity index (χ4v) is 3.80. The summed E-state index contributed by atoms with van der Waals surface area (Å²) in [5.74, 6) is 1.19. The van der Waals surface area contributed by atoms with Crippen LogP contribution in [0.3, 0.4) is 0 Å². The standard InChI is InChI=1S/C16H31NO2/c1-4-19-15-9-14(16(15,2)3)17-10-12-7-5-6-8-13(12)11-18/h12-15,17-18H,4-11H2,1-3H3. The van der Waals surface area contributed by atoms with Crippen LogP contribution in [0.4, 0.5) is 0 Å². The van der Waals surface area contributed by atoms with Gasteiger partial charge in [-0.3, -0.25) is 0 Å². The highest BCUT2D eigenvalue weighted by Gasteiger charge is 2.48. The lowest BCUT2D eigenvalue weighted by Gasteiger charge is -2.52. The molecular formula is C16H31NO2. The van der Waals surface area contributed by atoms with E-state index in [-0.39, 0.29) is 5.41 Å². The van der Waals surface area contributed by atoms with Crippen molar-refractivity contribution in [1.82, 2.24) is 5.32 Å². The van der Waals surface area contributed by atoms with E-state index in [1.165, 1.54) is 25.7 Å². The zero-order valence-electron chi connectivity index (χ0n) is 12.8. The van der Waals surface area contributed by atoms with Gasteiger partial charge in [0, 0.05) is 24.7 Å². The average Bonchev–Trinajstić information content (AvgIpc) is 2.42. The molecule has 2 aliphatic rings. The molecule has 0 spiro atoms. The summed E-state index contributed by atoms with van der Waals surface area (Å²) in [6.45, 7) is 8.93. The van der Waals surface area contributed by atoms with E-state index < -0.39 is 0 Å². The van der Waals surface area contributed by atoms with Crippen molar-refractivity contribution in [3.05, 3.63) is 0 Å². The average molecular weight is 269 g/mol. The van der Waals surface area contributed by atoms with Crippen LogP contribution in [0.5, 0.6) is 0 Å². The largest absolute Gasteiger partial charge is 0.396 e. The fraction of sp³-hybridized carbons (Fsp3) is 1.00. The van der Waals surface area contributed by atoms with Crippen molar-refractivity contribution in [3.8, 4) is 0 Å². The summed E-state index contributed by atoms with van der Waals surface area (Å²) in [4.78, 5) is 0. The molecule has 0 aromatic carbocycles. The molecule has 0 amide bonds. The number of ether oxygens (including phenoxy) is 1. The van der Waals surface area contributed by atoms with Gasteiger partial charge in [0.1, 0.15) is 0 Å². The summed E-state index contributed by atoms with van der Waals surface area (Å²) in [5, 5.41) is 13.2. The summed E-state index contributed by atoms with van der Waals surface area (Å²) in [5.41, 5.74) is 0.249. The first-order chi connectivity index (χ1) is 9.09. The first-order valence-corrected chi connectivity index (χ1v) is 8.05. The Kier molecular flexibility index (Phi) is 5.27. The predicted octanol–water partition coefficient (Wildman–Crippen LogP) is 2.58. The van der Waals surface area contributed by atoms with Gasteiger partial charge >= 0.3 is 0 Å². The molecule has 19 heavy (non-hydrogen) atoms. The lowest BCUT2D eigenvalue weighted by atomic mass is 9.64. The van der Waals surface area contributed by atoms with Gasteiger partial charge < -0.3 is 15.2 Å². The smallest absolute Gasteiger partial charge is 0.0655 e. The topological polar surface area (TPSA) is 41.5 Å². The molecule has 2 N–H and O–H groups in total. The third-order valence-electron chi connectivity index (χ3n) is 5.47. The highest BCUT2D eigenvalue weighted by molar-refractivity contribution is 5.03. The Balaban J connectivity index is 1.77. The Hall–Kier alpha value is -0.120. The molecule has 0 aromatic rings. The zero-order valence-corrected chi connectivity index (χ0v) is 12.8. The summed E-state index contributed by atoms with van der Waals surface area (Å²) < 4.78 is 5.78. The molecule has 2 fully saturated rings. The van der Waals surface area contributed by atoms with E-state index in [4.69, 9.17) is 4.74 Å². The quantitative estimate of drug-likeness (QED) is 0.779. The zero-order chi connectivity index (χ0) is 13.9. The van der Waals surface area contributed by atoms with Crippen molar-refractivity contribution in [3.63, 3.8) is 0 Å². The molecule has 2 rings (SSSR count). The molecule has 0 aromatic heterocycles. The molecule has 0 radical (unpaired) electrons. The van der Waals surface area contributed by atoms with Gasteiger partial charge in [0.05, 0.1) is 6.10 Å². The van der Waals surface area contributed by atoms with Crippen molar-refractivity contribution >= 4 is 0 Å². The van der Waals surface area contributed by atoms with Gasteiger partial charge in [-0.1, -0.05) is 26.7 Å². The van der Waals surface area contributed by atoms with Crippen LogP contribution in [0.15, 0.2) is 0 Å². The van der Waals surface area contributed by atoms with Crippen LogP contribution in [0.25, 0.3) is 0 Å². The Morgan fingerprint density at radius 2 is 1.89 bits per heavy atom. The van der Waals surface area contributed by atoms with Crippen LogP contribution in [-0.4, -0.2) is 37.0 Å². The Bertz CT molecular complexity index is 280. The van der Waals surface area contributed by atoms with Crippen molar-refractivity contribution in [2.75, 3.05) is 19.8 Å². The molecule has 0 bridgehead atoms. The predicted molar refractivity (Wildman–Crippen MR) is 78.1 cm³/mol. The molecular weight excluding hydrogens is 238 g/mol. The van der Waals surface area contributed by atoms with Crippen molar-refractivity contribution in [1.29, 1.82) is 0 Å². The maximum atomic E-state index is 9.46. The summed E-state index contributed by atoms with van der Waals surface area (Å²) in [7, 11) is 0. The lowest BCUT2D eigenvalue weighted by Crippen LogP contribution is -2.61.